The van der Waals surface area contributed by atoms with Crippen LogP contribution in [-0.2, 0) is 4.79 Å². The van der Waals surface area contributed by atoms with E-state index >= 15 is 0 Å². The molecule has 1 aliphatic rings. The summed E-state index contributed by atoms with van der Waals surface area (Å²) in [6.45, 7) is 6.02. The number of amides is 1. The molecular formula is C10H20N2O. The summed E-state index contributed by atoms with van der Waals surface area (Å²) < 4.78 is 0. The fourth-order valence-corrected chi connectivity index (χ4v) is 1.94. The second-order valence-electron chi connectivity index (χ2n) is 4.31. The van der Waals surface area contributed by atoms with Crippen molar-refractivity contribution in [3.63, 3.8) is 0 Å². The molecule has 0 atom stereocenters. The van der Waals surface area contributed by atoms with E-state index in [9.17, 15) is 4.79 Å². The van der Waals surface area contributed by atoms with Crippen molar-refractivity contribution in [3.8, 4) is 0 Å². The molecule has 0 spiro atoms. The second kappa shape index (κ2) is 4.09. The van der Waals surface area contributed by atoms with Crippen LogP contribution >= 0.6 is 0 Å². The molecule has 0 saturated carbocycles. The zero-order chi connectivity index (χ0) is 9.90. The third-order valence-corrected chi connectivity index (χ3v) is 2.79. The molecule has 0 unspecified atom stereocenters. The molecule has 0 aliphatic carbocycles. The first-order valence-corrected chi connectivity index (χ1v) is 5.03. The Morgan fingerprint density at radius 3 is 2.69 bits per heavy atom. The highest BCUT2D eigenvalue weighted by Crippen LogP contribution is 2.28. The Labute approximate surface area is 80.5 Å². The van der Waals surface area contributed by atoms with Gasteiger partial charge in [-0.05, 0) is 33.7 Å². The number of hydrogen-bond acceptors (Lipinski definition) is 2. The van der Waals surface area contributed by atoms with Gasteiger partial charge in [-0.15, -0.1) is 0 Å². The molecule has 0 aromatic carbocycles. The van der Waals surface area contributed by atoms with Gasteiger partial charge < -0.3 is 10.2 Å². The van der Waals surface area contributed by atoms with Crippen molar-refractivity contribution < 1.29 is 4.79 Å². The smallest absolute Gasteiger partial charge is 0.224 e. The maximum Gasteiger partial charge on any atom is 0.224 e. The van der Waals surface area contributed by atoms with Crippen LogP contribution in [-0.4, -0.2) is 36.5 Å². The zero-order valence-electron chi connectivity index (χ0n) is 8.89. The summed E-state index contributed by atoms with van der Waals surface area (Å²) >= 11 is 0. The van der Waals surface area contributed by atoms with Gasteiger partial charge in [-0.2, -0.15) is 0 Å². The van der Waals surface area contributed by atoms with Crippen LogP contribution < -0.4 is 5.32 Å². The molecule has 1 N–H and O–H groups in total. The largest absolute Gasteiger partial charge is 0.338 e. The first-order chi connectivity index (χ1) is 6.08. The monoisotopic (exact) mass is 184 g/mol. The van der Waals surface area contributed by atoms with Crippen LogP contribution in [0.1, 0.15) is 33.1 Å². The van der Waals surface area contributed by atoms with Crippen molar-refractivity contribution in [1.82, 2.24) is 10.2 Å². The lowest BCUT2D eigenvalue weighted by atomic mass is 10.0. The number of nitrogens with zero attached hydrogens (tertiary/aromatic N) is 1. The molecule has 76 valence electrons. The lowest BCUT2D eigenvalue weighted by molar-refractivity contribution is -0.134. The van der Waals surface area contributed by atoms with Crippen molar-refractivity contribution in [2.75, 3.05) is 20.1 Å². The predicted octanol–water partition coefficient (Wildman–Crippen LogP) is 0.997. The second-order valence-corrected chi connectivity index (χ2v) is 4.31. The highest BCUT2D eigenvalue weighted by atomic mass is 16.2. The van der Waals surface area contributed by atoms with Crippen LogP contribution in [0.5, 0.6) is 0 Å². The molecule has 0 aromatic rings. The van der Waals surface area contributed by atoms with E-state index in [1.165, 1.54) is 0 Å². The van der Waals surface area contributed by atoms with Crippen molar-refractivity contribution in [2.24, 2.45) is 0 Å². The minimum absolute atomic E-state index is 0.0881. The van der Waals surface area contributed by atoms with Crippen molar-refractivity contribution in [2.45, 2.75) is 38.6 Å². The minimum Gasteiger partial charge on any atom is -0.338 e. The molecule has 1 saturated heterocycles. The number of rotatable bonds is 3. The van der Waals surface area contributed by atoms with E-state index in [4.69, 9.17) is 0 Å². The average Bonchev–Trinajstić information content (AvgIpc) is 2.41. The Hall–Kier alpha value is -0.570. The number of carbonyl (C=O) groups excluding carboxylic acids is 1. The predicted molar refractivity (Wildman–Crippen MR) is 53.6 cm³/mol. The van der Waals surface area contributed by atoms with E-state index in [1.54, 1.807) is 0 Å². The number of hydrogen-bond donors (Lipinski definition) is 1. The van der Waals surface area contributed by atoms with Gasteiger partial charge in [0.15, 0.2) is 0 Å². The molecule has 3 heteroatoms. The van der Waals surface area contributed by atoms with Crippen LogP contribution in [0.3, 0.4) is 0 Å². The molecule has 0 radical (unpaired) electrons. The molecule has 0 aromatic heterocycles. The van der Waals surface area contributed by atoms with Crippen LogP contribution in [0.4, 0.5) is 0 Å². The minimum atomic E-state index is 0.0881. The van der Waals surface area contributed by atoms with E-state index < -0.39 is 0 Å². The van der Waals surface area contributed by atoms with E-state index in [2.05, 4.69) is 19.2 Å². The van der Waals surface area contributed by atoms with Gasteiger partial charge in [-0.1, -0.05) is 0 Å². The van der Waals surface area contributed by atoms with Gasteiger partial charge in [0.1, 0.15) is 0 Å². The molecule has 1 amide bonds. The third-order valence-electron chi connectivity index (χ3n) is 2.79. The van der Waals surface area contributed by atoms with Crippen LogP contribution in [0.25, 0.3) is 0 Å². The van der Waals surface area contributed by atoms with Gasteiger partial charge >= 0.3 is 0 Å². The van der Waals surface area contributed by atoms with Gasteiger partial charge in [-0.3, -0.25) is 4.79 Å². The first-order valence-electron chi connectivity index (χ1n) is 5.03. The average molecular weight is 184 g/mol. The quantitative estimate of drug-likeness (QED) is 0.709. The summed E-state index contributed by atoms with van der Waals surface area (Å²) in [4.78, 5) is 13.7. The topological polar surface area (TPSA) is 32.3 Å². The lowest BCUT2D eigenvalue weighted by Crippen LogP contribution is -2.43. The van der Waals surface area contributed by atoms with Crippen LogP contribution in [0.2, 0.25) is 0 Å². The van der Waals surface area contributed by atoms with Gasteiger partial charge in [-0.25, -0.2) is 0 Å². The lowest BCUT2D eigenvalue weighted by Gasteiger charge is -2.31. The third kappa shape index (κ3) is 2.44. The Morgan fingerprint density at radius 1 is 1.54 bits per heavy atom. The van der Waals surface area contributed by atoms with Crippen LogP contribution in [0.15, 0.2) is 0 Å². The summed E-state index contributed by atoms with van der Waals surface area (Å²) in [5, 5.41) is 3.00. The van der Waals surface area contributed by atoms with Gasteiger partial charge in [0.2, 0.25) is 5.91 Å². The van der Waals surface area contributed by atoms with E-state index in [0.717, 1.165) is 25.9 Å². The van der Waals surface area contributed by atoms with Crippen molar-refractivity contribution in [1.29, 1.82) is 0 Å². The van der Waals surface area contributed by atoms with E-state index in [-0.39, 0.29) is 11.4 Å². The summed E-state index contributed by atoms with van der Waals surface area (Å²) in [6, 6.07) is 0. The van der Waals surface area contributed by atoms with Crippen molar-refractivity contribution >= 4 is 5.91 Å². The fourth-order valence-electron chi connectivity index (χ4n) is 1.94. The molecule has 1 fully saturated rings. The van der Waals surface area contributed by atoms with E-state index in [0.29, 0.717) is 6.42 Å². The maximum absolute atomic E-state index is 11.7. The fraction of sp³-hybridized carbons (Fsp3) is 0.900. The molecule has 1 rings (SSSR count). The molecule has 13 heavy (non-hydrogen) atoms. The Bertz CT molecular complexity index is 189. The molecule has 0 bridgehead atoms. The summed E-state index contributed by atoms with van der Waals surface area (Å²) in [7, 11) is 1.88. The molecule has 1 aliphatic heterocycles. The normalized spacial score (nSPS) is 20.7. The zero-order valence-corrected chi connectivity index (χ0v) is 8.89. The van der Waals surface area contributed by atoms with Crippen molar-refractivity contribution in [3.05, 3.63) is 0 Å². The van der Waals surface area contributed by atoms with Crippen LogP contribution in [0, 0.1) is 0 Å². The maximum atomic E-state index is 11.7. The highest BCUT2D eigenvalue weighted by molar-refractivity contribution is 5.77. The number of likely N-dealkylation sites (tertiary alicyclic amines) is 1. The number of carbonyl (C=O) groups is 1. The van der Waals surface area contributed by atoms with E-state index in [1.807, 2.05) is 11.9 Å². The van der Waals surface area contributed by atoms with Gasteiger partial charge in [0.05, 0.1) is 0 Å². The Morgan fingerprint density at radius 2 is 2.23 bits per heavy atom. The summed E-state index contributed by atoms with van der Waals surface area (Å²) in [5.41, 5.74) is 0.0881. The standard InChI is InChI=1S/C10H20N2O/c1-10(2)6-4-8-12(10)9(13)5-7-11-3/h11H,4-8H2,1-3H3. The number of nitrogens with one attached hydrogen (secondary N) is 1. The summed E-state index contributed by atoms with van der Waals surface area (Å²) in [6.07, 6.45) is 2.91. The molecular weight excluding hydrogens is 164 g/mol. The molecule has 1 heterocycles. The highest BCUT2D eigenvalue weighted by Gasteiger charge is 2.34. The Balaban J connectivity index is 2.46. The van der Waals surface area contributed by atoms with Gasteiger partial charge in [0, 0.05) is 25.0 Å². The SMILES string of the molecule is CNCCC(=O)N1CCCC1(C)C. The summed E-state index contributed by atoms with van der Waals surface area (Å²) in [5.74, 6) is 0.289. The van der Waals surface area contributed by atoms with Gasteiger partial charge in [0.25, 0.3) is 0 Å². The first kappa shape index (κ1) is 10.5. The molecule has 3 nitrogen and oxygen atoms in total. The Kier molecular flexibility index (Phi) is 3.31.